The van der Waals surface area contributed by atoms with E-state index in [4.69, 9.17) is 4.74 Å². The van der Waals surface area contributed by atoms with Crippen LogP contribution in [0.15, 0.2) is 58.2 Å². The number of thioether (sulfide) groups is 1. The molecule has 7 heteroatoms. The quantitative estimate of drug-likeness (QED) is 0.635. The van der Waals surface area contributed by atoms with Gasteiger partial charge in [-0.05, 0) is 24.5 Å². The van der Waals surface area contributed by atoms with Gasteiger partial charge in [-0.3, -0.25) is 9.59 Å². The first-order valence-electron chi connectivity index (χ1n) is 8.54. The van der Waals surface area contributed by atoms with E-state index in [2.05, 4.69) is 10.4 Å². The van der Waals surface area contributed by atoms with Crippen molar-refractivity contribution in [3.05, 3.63) is 70.1 Å². The number of amides is 1. The fourth-order valence-corrected chi connectivity index (χ4v) is 3.45. The molecule has 3 rings (SSSR count). The number of ether oxygens (including phenoxy) is 1. The molecule has 0 radical (unpaired) electrons. The van der Waals surface area contributed by atoms with Crippen molar-refractivity contribution in [2.45, 2.75) is 18.0 Å². The van der Waals surface area contributed by atoms with E-state index in [0.29, 0.717) is 29.8 Å². The molecule has 3 aromatic rings. The van der Waals surface area contributed by atoms with E-state index in [0.717, 1.165) is 10.3 Å². The number of carbonyl (C=O) groups is 1. The number of nitrogens with one attached hydrogen (secondary N) is 1. The molecule has 140 valence electrons. The first kappa shape index (κ1) is 19.1. The van der Waals surface area contributed by atoms with Gasteiger partial charge in [0.05, 0.1) is 36.3 Å². The van der Waals surface area contributed by atoms with Crippen molar-refractivity contribution in [2.75, 3.05) is 20.0 Å². The summed E-state index contributed by atoms with van der Waals surface area (Å²) in [5.41, 5.74) is 1.11. The van der Waals surface area contributed by atoms with Crippen LogP contribution in [0.25, 0.3) is 10.8 Å². The second-order valence-corrected chi connectivity index (χ2v) is 6.74. The average molecular weight is 383 g/mol. The van der Waals surface area contributed by atoms with Crippen LogP contribution in [0.1, 0.15) is 16.1 Å². The third kappa shape index (κ3) is 4.20. The highest BCUT2D eigenvalue weighted by molar-refractivity contribution is 7.98. The Labute approximate surface area is 161 Å². The van der Waals surface area contributed by atoms with E-state index in [-0.39, 0.29) is 18.0 Å². The van der Waals surface area contributed by atoms with Gasteiger partial charge in [0.15, 0.2) is 0 Å². The lowest BCUT2D eigenvalue weighted by atomic mass is 10.1. The molecule has 2 aromatic carbocycles. The highest BCUT2D eigenvalue weighted by Crippen LogP contribution is 2.20. The topological polar surface area (TPSA) is 73.2 Å². The molecule has 0 saturated heterocycles. The molecule has 0 bridgehead atoms. The molecule has 0 atom stereocenters. The normalized spacial score (nSPS) is 10.9. The summed E-state index contributed by atoms with van der Waals surface area (Å²) in [4.78, 5) is 26.1. The third-order valence-electron chi connectivity index (χ3n) is 4.22. The number of methoxy groups -OCH3 is 1. The molecular weight excluding hydrogens is 362 g/mol. The van der Waals surface area contributed by atoms with Gasteiger partial charge in [0.1, 0.15) is 0 Å². The zero-order valence-corrected chi connectivity index (χ0v) is 16.1. The molecule has 27 heavy (non-hydrogen) atoms. The maximum atomic E-state index is 12.6. The molecule has 1 aromatic heterocycles. The van der Waals surface area contributed by atoms with Gasteiger partial charge in [-0.2, -0.15) is 5.10 Å². The number of benzene rings is 2. The molecule has 6 nitrogen and oxygen atoms in total. The predicted molar refractivity (Wildman–Crippen MR) is 107 cm³/mol. The van der Waals surface area contributed by atoms with Gasteiger partial charge in [0.25, 0.3) is 11.5 Å². The Morgan fingerprint density at radius 2 is 1.85 bits per heavy atom. The summed E-state index contributed by atoms with van der Waals surface area (Å²) in [6.07, 6.45) is 1.94. The van der Waals surface area contributed by atoms with Gasteiger partial charge in [-0.25, -0.2) is 4.68 Å². The number of hydrogen-bond donors (Lipinski definition) is 1. The van der Waals surface area contributed by atoms with Crippen molar-refractivity contribution in [2.24, 2.45) is 0 Å². The highest BCUT2D eigenvalue weighted by atomic mass is 32.2. The van der Waals surface area contributed by atoms with Gasteiger partial charge in [0, 0.05) is 17.4 Å². The Hall–Kier alpha value is -2.64. The Morgan fingerprint density at radius 3 is 2.59 bits per heavy atom. The molecule has 0 saturated carbocycles. The average Bonchev–Trinajstić information content (AvgIpc) is 2.72. The van der Waals surface area contributed by atoms with Crippen LogP contribution in [0.2, 0.25) is 0 Å². The number of nitrogens with zero attached hydrogens (tertiary/aromatic N) is 2. The van der Waals surface area contributed by atoms with Crippen molar-refractivity contribution in [1.29, 1.82) is 0 Å². The van der Waals surface area contributed by atoms with Gasteiger partial charge >= 0.3 is 0 Å². The molecule has 0 aliphatic carbocycles. The van der Waals surface area contributed by atoms with Crippen LogP contribution < -0.4 is 10.9 Å². The SMILES string of the molecule is COCCn1nc(CNC(=O)c2ccccc2SC)c2ccccc2c1=O. The minimum atomic E-state index is -0.166. The van der Waals surface area contributed by atoms with Gasteiger partial charge in [0.2, 0.25) is 0 Å². The Kier molecular flexibility index (Phi) is 6.26. The standard InChI is InChI=1S/C20H21N3O3S/c1-26-12-11-23-20(25)15-8-4-3-7-14(15)17(22-23)13-21-19(24)16-9-5-6-10-18(16)27-2/h3-10H,11-13H2,1-2H3,(H,21,24). The van der Waals surface area contributed by atoms with Crippen LogP contribution >= 0.6 is 11.8 Å². The van der Waals surface area contributed by atoms with Crippen LogP contribution in [0.3, 0.4) is 0 Å². The first-order chi connectivity index (χ1) is 13.2. The van der Waals surface area contributed by atoms with E-state index in [1.165, 1.54) is 16.4 Å². The Morgan fingerprint density at radius 1 is 1.15 bits per heavy atom. The van der Waals surface area contributed by atoms with E-state index in [1.54, 1.807) is 19.2 Å². The van der Waals surface area contributed by atoms with Crippen LogP contribution in [-0.4, -0.2) is 35.7 Å². The number of aromatic nitrogens is 2. The first-order valence-corrected chi connectivity index (χ1v) is 9.77. The lowest BCUT2D eigenvalue weighted by molar-refractivity contribution is 0.0947. The fraction of sp³-hybridized carbons (Fsp3) is 0.250. The minimum Gasteiger partial charge on any atom is -0.383 e. The summed E-state index contributed by atoms with van der Waals surface area (Å²) < 4.78 is 6.45. The summed E-state index contributed by atoms with van der Waals surface area (Å²) in [5, 5.41) is 8.70. The maximum Gasteiger partial charge on any atom is 0.274 e. The Bertz CT molecular complexity index is 1020. The summed E-state index contributed by atoms with van der Waals surface area (Å²) in [5.74, 6) is -0.166. The van der Waals surface area contributed by atoms with Crippen molar-refractivity contribution in [1.82, 2.24) is 15.1 Å². The van der Waals surface area contributed by atoms with Crippen molar-refractivity contribution in [3.8, 4) is 0 Å². The zero-order chi connectivity index (χ0) is 19.2. The summed E-state index contributed by atoms with van der Waals surface area (Å²) in [6, 6.07) is 14.8. The van der Waals surface area contributed by atoms with Crippen molar-refractivity contribution >= 4 is 28.4 Å². The van der Waals surface area contributed by atoms with E-state index in [9.17, 15) is 9.59 Å². The largest absolute Gasteiger partial charge is 0.383 e. The third-order valence-corrected chi connectivity index (χ3v) is 5.02. The number of fused-ring (bicyclic) bond motifs is 1. The molecule has 0 spiro atoms. The van der Waals surface area contributed by atoms with Crippen molar-refractivity contribution < 1.29 is 9.53 Å². The monoisotopic (exact) mass is 383 g/mol. The van der Waals surface area contributed by atoms with E-state index < -0.39 is 0 Å². The second kappa shape index (κ2) is 8.83. The molecular formula is C20H21N3O3S. The second-order valence-electron chi connectivity index (χ2n) is 5.90. The zero-order valence-electron chi connectivity index (χ0n) is 15.3. The smallest absolute Gasteiger partial charge is 0.274 e. The molecule has 1 N–H and O–H groups in total. The van der Waals surface area contributed by atoms with Crippen LogP contribution in [0.4, 0.5) is 0 Å². The van der Waals surface area contributed by atoms with Crippen LogP contribution in [-0.2, 0) is 17.8 Å². The van der Waals surface area contributed by atoms with Crippen molar-refractivity contribution in [3.63, 3.8) is 0 Å². The molecule has 1 amide bonds. The number of rotatable bonds is 7. The van der Waals surface area contributed by atoms with Gasteiger partial charge < -0.3 is 10.1 Å². The highest BCUT2D eigenvalue weighted by Gasteiger charge is 2.14. The molecule has 0 aliphatic rings. The molecule has 0 aliphatic heterocycles. The molecule has 0 fully saturated rings. The van der Waals surface area contributed by atoms with Crippen LogP contribution in [0, 0.1) is 0 Å². The fourth-order valence-electron chi connectivity index (χ4n) is 2.86. The lowest BCUT2D eigenvalue weighted by Crippen LogP contribution is -2.29. The van der Waals surface area contributed by atoms with E-state index >= 15 is 0 Å². The lowest BCUT2D eigenvalue weighted by Gasteiger charge is -2.12. The summed E-state index contributed by atoms with van der Waals surface area (Å²) >= 11 is 1.53. The summed E-state index contributed by atoms with van der Waals surface area (Å²) in [7, 11) is 1.58. The van der Waals surface area contributed by atoms with E-state index in [1.807, 2.05) is 42.7 Å². The number of carbonyl (C=O) groups excluding carboxylic acids is 1. The van der Waals surface area contributed by atoms with Gasteiger partial charge in [-0.15, -0.1) is 11.8 Å². The number of hydrogen-bond acceptors (Lipinski definition) is 5. The van der Waals surface area contributed by atoms with Gasteiger partial charge in [-0.1, -0.05) is 30.3 Å². The maximum absolute atomic E-state index is 12.6. The van der Waals surface area contributed by atoms with Crippen LogP contribution in [0.5, 0.6) is 0 Å². The molecule has 0 unspecified atom stereocenters. The molecule has 1 heterocycles. The predicted octanol–water partition coefficient (Wildman–Crippen LogP) is 2.69. The minimum absolute atomic E-state index is 0.162. The Balaban J connectivity index is 1.91. The summed E-state index contributed by atoms with van der Waals surface area (Å²) in [6.45, 7) is 0.976.